The van der Waals surface area contributed by atoms with E-state index in [2.05, 4.69) is 13.8 Å². The quantitative estimate of drug-likeness (QED) is 0.571. The average Bonchev–Trinajstić information content (AvgIpc) is 2.29. The lowest BCUT2D eigenvalue weighted by molar-refractivity contribution is 0.161. The van der Waals surface area contributed by atoms with E-state index in [1.54, 1.807) is 0 Å². The molecule has 0 amide bonds. The van der Waals surface area contributed by atoms with Crippen molar-refractivity contribution in [1.29, 1.82) is 0 Å². The van der Waals surface area contributed by atoms with Gasteiger partial charge in [-0.1, -0.05) is 20.3 Å². The first-order chi connectivity index (χ1) is 5.05. The number of rotatable bonds is 2. The Kier molecular flexibility index (Phi) is 2.60. The minimum absolute atomic E-state index is 0.329. The molecular weight excluding hydrogens is 139 g/mol. The summed E-state index contributed by atoms with van der Waals surface area (Å²) in [5, 5.41) is 0. The summed E-state index contributed by atoms with van der Waals surface area (Å²) < 4.78 is 11.3. The zero-order valence-corrected chi connectivity index (χ0v) is 7.96. The molecule has 0 aliphatic carbocycles. The van der Waals surface area contributed by atoms with E-state index in [0.717, 1.165) is 6.61 Å². The molecule has 0 saturated carbocycles. The summed E-state index contributed by atoms with van der Waals surface area (Å²) in [7, 11) is 0. The first-order valence-electron chi connectivity index (χ1n) is 4.58. The van der Waals surface area contributed by atoms with Crippen LogP contribution in [0, 0.1) is 5.92 Å². The molecule has 1 fully saturated rings. The Morgan fingerprint density at radius 2 is 2.18 bits per heavy atom. The maximum absolute atomic E-state index is 5.74. The van der Waals surface area contributed by atoms with Gasteiger partial charge < -0.3 is 9.31 Å². The fourth-order valence-corrected chi connectivity index (χ4v) is 1.39. The number of hydrogen-bond donors (Lipinski definition) is 0. The van der Waals surface area contributed by atoms with Gasteiger partial charge in [-0.05, 0) is 5.92 Å². The van der Waals surface area contributed by atoms with Crippen molar-refractivity contribution in [1.82, 2.24) is 0 Å². The summed E-state index contributed by atoms with van der Waals surface area (Å²) in [6.45, 7) is 8.29. The van der Waals surface area contributed by atoms with Crippen LogP contribution in [-0.4, -0.2) is 19.3 Å². The molecule has 0 bridgehead atoms. The van der Waals surface area contributed by atoms with Crippen LogP contribution in [-0.2, 0) is 9.31 Å². The van der Waals surface area contributed by atoms with Crippen LogP contribution in [0.25, 0.3) is 0 Å². The maximum Gasteiger partial charge on any atom is 0.235 e. The van der Waals surface area contributed by atoms with Crippen LogP contribution in [0.4, 0.5) is 0 Å². The Balaban J connectivity index is 2.41. The fourth-order valence-electron chi connectivity index (χ4n) is 1.39. The van der Waals surface area contributed by atoms with E-state index in [1.165, 1.54) is 6.42 Å². The van der Waals surface area contributed by atoms with E-state index in [0.29, 0.717) is 12.0 Å². The summed E-state index contributed by atoms with van der Waals surface area (Å²) >= 11 is 0. The summed E-state index contributed by atoms with van der Waals surface area (Å²) in [4.78, 5) is 0. The molecule has 1 saturated heterocycles. The fraction of sp³-hybridized carbons (Fsp3) is 1.00. The Bertz CT molecular complexity index is 136. The Hall–Kier alpha value is -0.0151. The van der Waals surface area contributed by atoms with Crippen LogP contribution in [0.2, 0.25) is 13.6 Å². The smallest absolute Gasteiger partial charge is 0.235 e. The topological polar surface area (TPSA) is 18.5 Å². The molecule has 1 heterocycles. The van der Waals surface area contributed by atoms with Crippen molar-refractivity contribution in [3.05, 3.63) is 0 Å². The third-order valence-electron chi connectivity index (χ3n) is 2.44. The van der Waals surface area contributed by atoms with Crippen molar-refractivity contribution in [3.8, 4) is 0 Å². The molecule has 3 heteroatoms. The third kappa shape index (κ3) is 2.21. The van der Waals surface area contributed by atoms with Gasteiger partial charge in [-0.15, -0.1) is 13.6 Å². The minimum atomic E-state index is -0.951. The third-order valence-corrected chi connectivity index (χ3v) is 2.44. The highest BCUT2D eigenvalue weighted by Crippen LogP contribution is 2.24. The monoisotopic (exact) mass is 157 g/mol. The van der Waals surface area contributed by atoms with E-state index in [1.807, 2.05) is 13.6 Å². The highest BCUT2D eigenvalue weighted by Gasteiger charge is 2.29. The molecule has 1 rings (SSSR count). The van der Waals surface area contributed by atoms with Crippen molar-refractivity contribution in [2.45, 2.75) is 40.0 Å². The number of hydrogen-bond acceptors (Lipinski definition) is 2. The lowest BCUT2D eigenvalue weighted by Gasteiger charge is -2.27. The van der Waals surface area contributed by atoms with Crippen LogP contribution < -0.4 is 0 Å². The second-order valence-electron chi connectivity index (χ2n) is 4.01. The predicted molar refractivity (Wildman–Crippen MR) is 47.8 cm³/mol. The lowest BCUT2D eigenvalue weighted by atomic mass is 9.64. The predicted octanol–water partition coefficient (Wildman–Crippen LogP) is 2.15. The molecule has 0 aromatic rings. The zero-order chi connectivity index (χ0) is 8.48. The van der Waals surface area contributed by atoms with E-state index < -0.39 is 6.55 Å². The van der Waals surface area contributed by atoms with Crippen LogP contribution in [0.15, 0.2) is 0 Å². The molecule has 0 N–H and O–H groups in total. The van der Waals surface area contributed by atoms with Gasteiger partial charge in [0.2, 0.25) is 6.55 Å². The van der Waals surface area contributed by atoms with Crippen molar-refractivity contribution in [3.63, 3.8) is 0 Å². The zero-order valence-electron chi connectivity index (χ0n) is 7.96. The summed E-state index contributed by atoms with van der Waals surface area (Å²) in [5.41, 5.74) is 0. The van der Waals surface area contributed by atoms with E-state index in [9.17, 15) is 0 Å². The molecule has 66 valence electrons. The summed E-state index contributed by atoms with van der Waals surface area (Å²) in [6.07, 6.45) is 1.50. The highest BCUT2D eigenvalue weighted by molar-refractivity contribution is 6.65. The van der Waals surface area contributed by atoms with Crippen molar-refractivity contribution < 1.29 is 9.31 Å². The highest BCUT2D eigenvalue weighted by atomic mass is 16.7. The molecule has 11 heavy (non-hydrogen) atoms. The van der Waals surface area contributed by atoms with Crippen molar-refractivity contribution in [2.24, 2.45) is 5.92 Å². The van der Waals surface area contributed by atoms with Gasteiger partial charge in [-0.2, -0.15) is 0 Å². The summed E-state index contributed by atoms with van der Waals surface area (Å²) in [6, 6.07) is 0. The van der Waals surface area contributed by atoms with Gasteiger partial charge in [0.15, 0.2) is 0 Å². The Morgan fingerprint density at radius 3 is 2.55 bits per heavy atom. The SMILES string of the molecule is CCC(C)C1CO[B-](C)(C)O1. The molecule has 1 aliphatic rings. The molecule has 1 aliphatic heterocycles. The molecule has 0 radical (unpaired) electrons. The Labute approximate surface area is 69.2 Å². The van der Waals surface area contributed by atoms with E-state index in [-0.39, 0.29) is 0 Å². The molecule has 2 nitrogen and oxygen atoms in total. The molecule has 0 aromatic carbocycles. The largest absolute Gasteiger partial charge is 0.566 e. The molecule has 0 spiro atoms. The van der Waals surface area contributed by atoms with E-state index >= 15 is 0 Å². The standard InChI is InChI=1S/C8H18BO2/c1-5-7(2)8-6-10-9(3,4)11-8/h7-8H,5-6H2,1-4H3/q-1. The normalized spacial score (nSPS) is 32.2. The van der Waals surface area contributed by atoms with Crippen molar-refractivity contribution >= 4 is 6.55 Å². The van der Waals surface area contributed by atoms with Gasteiger partial charge in [-0.25, -0.2) is 0 Å². The van der Waals surface area contributed by atoms with Crippen LogP contribution >= 0.6 is 0 Å². The molecule has 0 aromatic heterocycles. The second-order valence-corrected chi connectivity index (χ2v) is 4.01. The van der Waals surface area contributed by atoms with Crippen LogP contribution in [0.3, 0.4) is 0 Å². The first-order valence-corrected chi connectivity index (χ1v) is 4.58. The Morgan fingerprint density at radius 1 is 1.55 bits per heavy atom. The minimum Gasteiger partial charge on any atom is -0.566 e. The molecule has 2 atom stereocenters. The van der Waals surface area contributed by atoms with Gasteiger partial charge >= 0.3 is 0 Å². The second kappa shape index (κ2) is 3.15. The average molecular weight is 157 g/mol. The van der Waals surface area contributed by atoms with E-state index in [4.69, 9.17) is 9.31 Å². The van der Waals surface area contributed by atoms with Gasteiger partial charge in [0, 0.05) is 12.7 Å². The molecule has 2 unspecified atom stereocenters. The summed E-state index contributed by atoms with van der Waals surface area (Å²) in [5.74, 6) is 0.624. The van der Waals surface area contributed by atoms with Crippen LogP contribution in [0.1, 0.15) is 20.3 Å². The van der Waals surface area contributed by atoms with Gasteiger partial charge in [0.1, 0.15) is 0 Å². The maximum atomic E-state index is 5.74. The van der Waals surface area contributed by atoms with Gasteiger partial charge in [-0.3, -0.25) is 0 Å². The lowest BCUT2D eigenvalue weighted by Crippen LogP contribution is -2.29. The first kappa shape index (κ1) is 9.08. The van der Waals surface area contributed by atoms with Gasteiger partial charge in [0.25, 0.3) is 0 Å². The van der Waals surface area contributed by atoms with Crippen molar-refractivity contribution in [2.75, 3.05) is 6.61 Å². The van der Waals surface area contributed by atoms with Crippen LogP contribution in [0.5, 0.6) is 0 Å². The molecular formula is C8H18BO2-. The van der Waals surface area contributed by atoms with Gasteiger partial charge in [0.05, 0.1) is 0 Å².